The maximum Gasteiger partial charge on any atom is 0.335 e. The largest absolute Gasteiger partial charge is 0.478 e. The third-order valence-electron chi connectivity index (χ3n) is 3.95. The Kier molecular flexibility index (Phi) is 5.09. The van der Waals surface area contributed by atoms with Crippen LogP contribution in [-0.2, 0) is 16.6 Å². The van der Waals surface area contributed by atoms with Gasteiger partial charge < -0.3 is 5.11 Å². The third-order valence-corrected chi connectivity index (χ3v) is 5.33. The Bertz CT molecular complexity index is 865. The van der Waals surface area contributed by atoms with Gasteiger partial charge in [0.1, 0.15) is 0 Å². The molecule has 2 aromatic rings. The average molecular weight is 362 g/mol. The summed E-state index contributed by atoms with van der Waals surface area (Å²) in [5.74, 6) is -1.16. The first-order chi connectivity index (χ1) is 12.0. The minimum Gasteiger partial charge on any atom is -0.478 e. The van der Waals surface area contributed by atoms with E-state index in [2.05, 4.69) is 20.6 Å². The quantitative estimate of drug-likeness (QED) is 0.589. The molecule has 1 aliphatic rings. The first-order valence-corrected chi connectivity index (χ1v) is 9.17. The molecule has 8 nitrogen and oxygen atoms in total. The summed E-state index contributed by atoms with van der Waals surface area (Å²) < 4.78 is 27.6. The SMILES string of the molecule is O=C(O)c1cc(C2CNNC2)cc(S(=O)(=O)NCc2ccccn2)c1. The molecule has 1 fully saturated rings. The number of carboxylic acids is 1. The smallest absolute Gasteiger partial charge is 0.335 e. The second-order valence-corrected chi connectivity index (χ2v) is 7.47. The molecule has 1 saturated heterocycles. The third kappa shape index (κ3) is 4.20. The van der Waals surface area contributed by atoms with Crippen molar-refractivity contribution in [2.45, 2.75) is 17.4 Å². The van der Waals surface area contributed by atoms with E-state index in [1.807, 2.05) is 0 Å². The predicted molar refractivity (Wildman–Crippen MR) is 90.4 cm³/mol. The van der Waals surface area contributed by atoms with Crippen molar-refractivity contribution in [2.75, 3.05) is 13.1 Å². The lowest BCUT2D eigenvalue weighted by Gasteiger charge is -2.13. The van der Waals surface area contributed by atoms with Crippen molar-refractivity contribution in [1.29, 1.82) is 0 Å². The summed E-state index contributed by atoms with van der Waals surface area (Å²) in [4.78, 5) is 15.4. The molecule has 3 rings (SSSR count). The maximum atomic E-state index is 12.6. The van der Waals surface area contributed by atoms with E-state index >= 15 is 0 Å². The van der Waals surface area contributed by atoms with Crippen molar-refractivity contribution in [1.82, 2.24) is 20.6 Å². The van der Waals surface area contributed by atoms with Gasteiger partial charge in [0.05, 0.1) is 22.7 Å². The van der Waals surface area contributed by atoms with E-state index < -0.39 is 16.0 Å². The molecule has 0 aliphatic carbocycles. The fourth-order valence-corrected chi connectivity index (χ4v) is 3.67. The average Bonchev–Trinajstić information content (AvgIpc) is 3.15. The molecule has 1 aromatic carbocycles. The molecule has 0 unspecified atom stereocenters. The van der Waals surface area contributed by atoms with Gasteiger partial charge in [-0.3, -0.25) is 15.8 Å². The van der Waals surface area contributed by atoms with Crippen LogP contribution in [0, 0.1) is 0 Å². The second kappa shape index (κ2) is 7.28. The number of rotatable bonds is 6. The highest BCUT2D eigenvalue weighted by Crippen LogP contribution is 2.23. The van der Waals surface area contributed by atoms with Crippen LogP contribution in [0.25, 0.3) is 0 Å². The van der Waals surface area contributed by atoms with Crippen LogP contribution in [0.3, 0.4) is 0 Å². The van der Waals surface area contributed by atoms with Crippen LogP contribution >= 0.6 is 0 Å². The van der Waals surface area contributed by atoms with E-state index in [-0.39, 0.29) is 22.9 Å². The van der Waals surface area contributed by atoms with Crippen molar-refractivity contribution in [3.05, 3.63) is 59.4 Å². The van der Waals surface area contributed by atoms with Crippen molar-refractivity contribution in [3.8, 4) is 0 Å². The van der Waals surface area contributed by atoms with Crippen LogP contribution in [0.5, 0.6) is 0 Å². The van der Waals surface area contributed by atoms with Crippen LogP contribution in [0.1, 0.15) is 27.5 Å². The molecule has 1 aliphatic heterocycles. The van der Waals surface area contributed by atoms with Gasteiger partial charge >= 0.3 is 5.97 Å². The molecule has 0 atom stereocenters. The number of hydrazine groups is 1. The molecule has 25 heavy (non-hydrogen) atoms. The lowest BCUT2D eigenvalue weighted by atomic mass is 9.98. The Labute approximate surface area is 145 Å². The molecule has 9 heteroatoms. The van der Waals surface area contributed by atoms with Crippen molar-refractivity contribution in [3.63, 3.8) is 0 Å². The summed E-state index contributed by atoms with van der Waals surface area (Å²) in [6.07, 6.45) is 1.58. The zero-order valence-corrected chi connectivity index (χ0v) is 14.1. The zero-order chi connectivity index (χ0) is 17.9. The standard InChI is InChI=1S/C16H18N4O4S/c21-16(22)12-5-11(13-8-18-19-9-13)6-15(7-12)25(23,24)20-10-14-3-1-2-4-17-14/h1-7,13,18-20H,8-10H2,(H,21,22). The Morgan fingerprint density at radius 3 is 2.64 bits per heavy atom. The Morgan fingerprint density at radius 1 is 1.24 bits per heavy atom. The summed E-state index contributed by atoms with van der Waals surface area (Å²) in [5.41, 5.74) is 7.09. The number of hydrogen-bond acceptors (Lipinski definition) is 6. The number of aromatic carboxylic acids is 1. The molecule has 2 heterocycles. The normalized spacial score (nSPS) is 15.4. The minimum absolute atomic E-state index is 0.00374. The summed E-state index contributed by atoms with van der Waals surface area (Å²) in [5, 5.41) is 9.29. The van der Waals surface area contributed by atoms with E-state index in [1.165, 1.54) is 18.2 Å². The van der Waals surface area contributed by atoms with Gasteiger partial charge in [-0.2, -0.15) is 0 Å². The Hall–Kier alpha value is -2.33. The number of nitrogens with one attached hydrogen (secondary N) is 3. The fraction of sp³-hybridized carbons (Fsp3) is 0.250. The summed E-state index contributed by atoms with van der Waals surface area (Å²) >= 11 is 0. The molecule has 0 radical (unpaired) electrons. The van der Waals surface area contributed by atoms with Gasteiger partial charge in [-0.1, -0.05) is 6.07 Å². The van der Waals surface area contributed by atoms with Crippen LogP contribution < -0.4 is 15.6 Å². The molecular formula is C16H18N4O4S. The molecule has 0 amide bonds. The second-order valence-electron chi connectivity index (χ2n) is 5.70. The predicted octanol–water partition coefficient (Wildman–Crippen LogP) is 0.450. The molecular weight excluding hydrogens is 344 g/mol. The molecule has 4 N–H and O–H groups in total. The number of aromatic nitrogens is 1. The van der Waals surface area contributed by atoms with Crippen molar-refractivity contribution < 1.29 is 18.3 Å². The van der Waals surface area contributed by atoms with E-state index in [1.54, 1.807) is 24.4 Å². The van der Waals surface area contributed by atoms with Gasteiger partial charge in [0.25, 0.3) is 0 Å². The van der Waals surface area contributed by atoms with E-state index in [0.29, 0.717) is 24.3 Å². The summed E-state index contributed by atoms with van der Waals surface area (Å²) in [6.45, 7) is 1.23. The minimum atomic E-state index is -3.86. The molecule has 1 aromatic heterocycles. The molecule has 0 spiro atoms. The van der Waals surface area contributed by atoms with Crippen LogP contribution in [0.15, 0.2) is 47.5 Å². The van der Waals surface area contributed by atoms with Gasteiger partial charge in [0.2, 0.25) is 10.0 Å². The van der Waals surface area contributed by atoms with E-state index in [9.17, 15) is 18.3 Å². The first-order valence-electron chi connectivity index (χ1n) is 7.69. The Morgan fingerprint density at radius 2 is 2.00 bits per heavy atom. The van der Waals surface area contributed by atoms with Gasteiger partial charge in [-0.05, 0) is 35.9 Å². The number of hydrogen-bond donors (Lipinski definition) is 4. The number of carboxylic acid groups (broad SMARTS) is 1. The number of nitrogens with zero attached hydrogens (tertiary/aromatic N) is 1. The molecule has 132 valence electrons. The van der Waals surface area contributed by atoms with Crippen molar-refractivity contribution in [2.24, 2.45) is 0 Å². The van der Waals surface area contributed by atoms with Crippen LogP contribution in [0.2, 0.25) is 0 Å². The lowest BCUT2D eigenvalue weighted by molar-refractivity contribution is 0.0696. The van der Waals surface area contributed by atoms with Crippen LogP contribution in [0.4, 0.5) is 0 Å². The topological polar surface area (TPSA) is 120 Å². The fourth-order valence-electron chi connectivity index (χ4n) is 2.59. The lowest BCUT2D eigenvalue weighted by Crippen LogP contribution is -2.24. The molecule has 0 saturated carbocycles. The Balaban J connectivity index is 1.89. The monoisotopic (exact) mass is 362 g/mol. The van der Waals surface area contributed by atoms with E-state index in [0.717, 1.165) is 0 Å². The van der Waals surface area contributed by atoms with Crippen LogP contribution in [-0.4, -0.2) is 37.6 Å². The highest BCUT2D eigenvalue weighted by Gasteiger charge is 2.23. The number of benzene rings is 1. The summed E-state index contributed by atoms with van der Waals surface area (Å²) in [7, 11) is -3.86. The maximum absolute atomic E-state index is 12.6. The van der Waals surface area contributed by atoms with E-state index in [4.69, 9.17) is 0 Å². The van der Waals surface area contributed by atoms with Gasteiger partial charge in [0, 0.05) is 25.2 Å². The number of carbonyl (C=O) groups is 1. The highest BCUT2D eigenvalue weighted by atomic mass is 32.2. The van der Waals surface area contributed by atoms with Crippen molar-refractivity contribution >= 4 is 16.0 Å². The zero-order valence-electron chi connectivity index (χ0n) is 13.3. The number of pyridine rings is 1. The molecule has 0 bridgehead atoms. The van der Waals surface area contributed by atoms with Gasteiger partial charge in [0.15, 0.2) is 0 Å². The number of sulfonamides is 1. The van der Waals surface area contributed by atoms with Gasteiger partial charge in [-0.15, -0.1) is 0 Å². The highest BCUT2D eigenvalue weighted by molar-refractivity contribution is 7.89. The summed E-state index contributed by atoms with van der Waals surface area (Å²) in [6, 6.07) is 9.41. The first kappa shape index (κ1) is 17.5. The van der Waals surface area contributed by atoms with Gasteiger partial charge in [-0.25, -0.2) is 17.9 Å².